The zero-order valence-corrected chi connectivity index (χ0v) is 14.8. The van der Waals surface area contributed by atoms with Crippen LogP contribution in [-0.2, 0) is 11.3 Å². The highest BCUT2D eigenvalue weighted by molar-refractivity contribution is 5.80. The Bertz CT molecular complexity index is 769. The molecule has 2 aromatic rings. The lowest BCUT2D eigenvalue weighted by Gasteiger charge is -2.37. The van der Waals surface area contributed by atoms with E-state index in [4.69, 9.17) is 5.73 Å². The number of benzene rings is 1. The Morgan fingerprint density at radius 3 is 2.92 bits per heavy atom. The first-order chi connectivity index (χ1) is 11.9. The number of imidazole rings is 1. The second kappa shape index (κ2) is 6.96. The van der Waals surface area contributed by atoms with Gasteiger partial charge in [-0.15, -0.1) is 0 Å². The van der Waals surface area contributed by atoms with E-state index in [0.29, 0.717) is 12.2 Å². The fourth-order valence-corrected chi connectivity index (χ4v) is 3.59. The van der Waals surface area contributed by atoms with E-state index in [1.807, 2.05) is 19.9 Å². The molecule has 134 valence electrons. The second-order valence-electron chi connectivity index (χ2n) is 7.15. The first-order valence-electron chi connectivity index (χ1n) is 8.74. The lowest BCUT2D eigenvalue weighted by molar-refractivity contribution is -0.128. The van der Waals surface area contributed by atoms with Gasteiger partial charge in [0.25, 0.3) is 0 Å². The highest BCUT2D eigenvalue weighted by Gasteiger charge is 2.37. The maximum Gasteiger partial charge on any atom is 0.225 e. The molecule has 1 fully saturated rings. The van der Waals surface area contributed by atoms with Crippen LogP contribution in [-0.4, -0.2) is 21.0 Å². The predicted molar refractivity (Wildman–Crippen MR) is 94.7 cm³/mol. The minimum absolute atomic E-state index is 0.0420. The van der Waals surface area contributed by atoms with E-state index in [-0.39, 0.29) is 17.6 Å². The van der Waals surface area contributed by atoms with Gasteiger partial charge in [-0.1, -0.05) is 18.9 Å². The summed E-state index contributed by atoms with van der Waals surface area (Å²) in [4.78, 5) is 16.6. The Hall–Kier alpha value is -2.21. The first-order valence-corrected chi connectivity index (χ1v) is 8.74. The standard InChI is InChI=1S/C19H25FN4O/c1-13-22-9-10-24(13)17-7-6-14(11-16(17)20)12-23-18(25)15-5-3-4-8-19(15,2)21/h6-7,9-11,15H,3-5,8,12,21H2,1-2H3,(H,23,25). The Morgan fingerprint density at radius 1 is 1.48 bits per heavy atom. The maximum atomic E-state index is 14.4. The van der Waals surface area contributed by atoms with Crippen molar-refractivity contribution in [3.63, 3.8) is 0 Å². The van der Waals surface area contributed by atoms with Crippen molar-refractivity contribution in [2.75, 3.05) is 0 Å². The van der Waals surface area contributed by atoms with Gasteiger partial charge < -0.3 is 15.6 Å². The smallest absolute Gasteiger partial charge is 0.225 e. The van der Waals surface area contributed by atoms with Crippen LogP contribution in [0.15, 0.2) is 30.6 Å². The molecule has 1 aliphatic carbocycles. The highest BCUT2D eigenvalue weighted by atomic mass is 19.1. The summed E-state index contributed by atoms with van der Waals surface area (Å²) in [5.74, 6) is 0.160. The number of nitrogens with one attached hydrogen (secondary N) is 1. The lowest BCUT2D eigenvalue weighted by atomic mass is 9.74. The third-order valence-corrected chi connectivity index (χ3v) is 5.13. The molecule has 1 amide bonds. The van der Waals surface area contributed by atoms with E-state index >= 15 is 0 Å². The van der Waals surface area contributed by atoms with Gasteiger partial charge in [0.2, 0.25) is 5.91 Å². The molecular weight excluding hydrogens is 319 g/mol. The van der Waals surface area contributed by atoms with Crippen LogP contribution in [0.1, 0.15) is 44.0 Å². The summed E-state index contributed by atoms with van der Waals surface area (Å²) < 4.78 is 16.1. The molecule has 2 unspecified atom stereocenters. The van der Waals surface area contributed by atoms with Crippen LogP contribution >= 0.6 is 0 Å². The van der Waals surface area contributed by atoms with Crippen LogP contribution in [0.4, 0.5) is 4.39 Å². The van der Waals surface area contributed by atoms with E-state index in [1.165, 1.54) is 6.07 Å². The predicted octanol–water partition coefficient (Wildman–Crippen LogP) is 2.84. The molecule has 1 aromatic carbocycles. The Morgan fingerprint density at radius 2 is 2.28 bits per heavy atom. The molecule has 2 atom stereocenters. The molecule has 0 aliphatic heterocycles. The zero-order chi connectivity index (χ0) is 18.0. The minimum Gasteiger partial charge on any atom is -0.352 e. The van der Waals surface area contributed by atoms with Gasteiger partial charge in [-0.25, -0.2) is 9.37 Å². The van der Waals surface area contributed by atoms with Crippen molar-refractivity contribution in [1.29, 1.82) is 0 Å². The Kier molecular flexibility index (Phi) is 4.90. The van der Waals surface area contributed by atoms with Gasteiger partial charge >= 0.3 is 0 Å². The van der Waals surface area contributed by atoms with E-state index in [9.17, 15) is 9.18 Å². The van der Waals surface area contributed by atoms with Crippen molar-refractivity contribution in [3.8, 4) is 5.69 Å². The van der Waals surface area contributed by atoms with Crippen molar-refractivity contribution < 1.29 is 9.18 Å². The van der Waals surface area contributed by atoms with Crippen LogP contribution < -0.4 is 11.1 Å². The number of rotatable bonds is 4. The zero-order valence-electron chi connectivity index (χ0n) is 14.8. The topological polar surface area (TPSA) is 72.9 Å². The van der Waals surface area contributed by atoms with Gasteiger partial charge in [-0.2, -0.15) is 0 Å². The third kappa shape index (κ3) is 3.74. The van der Waals surface area contributed by atoms with E-state index in [0.717, 1.165) is 37.1 Å². The Balaban J connectivity index is 1.67. The number of carbonyl (C=O) groups excluding carboxylic acids is 1. The fourth-order valence-electron chi connectivity index (χ4n) is 3.59. The molecule has 0 saturated heterocycles. The highest BCUT2D eigenvalue weighted by Crippen LogP contribution is 2.31. The average molecular weight is 344 g/mol. The average Bonchev–Trinajstić information content (AvgIpc) is 2.98. The van der Waals surface area contributed by atoms with Crippen molar-refractivity contribution in [2.24, 2.45) is 11.7 Å². The van der Waals surface area contributed by atoms with Crippen molar-refractivity contribution in [2.45, 2.75) is 51.6 Å². The number of hydrogen-bond acceptors (Lipinski definition) is 3. The van der Waals surface area contributed by atoms with Crippen LogP contribution in [0.25, 0.3) is 5.69 Å². The molecule has 6 heteroatoms. The second-order valence-corrected chi connectivity index (χ2v) is 7.15. The first kappa shape index (κ1) is 17.6. The van der Waals surface area contributed by atoms with Crippen molar-refractivity contribution >= 4 is 5.91 Å². The lowest BCUT2D eigenvalue weighted by Crippen LogP contribution is -2.52. The molecule has 25 heavy (non-hydrogen) atoms. The third-order valence-electron chi connectivity index (χ3n) is 5.13. The molecule has 0 bridgehead atoms. The number of aromatic nitrogens is 2. The largest absolute Gasteiger partial charge is 0.352 e. The summed E-state index contributed by atoms with van der Waals surface area (Å²) >= 11 is 0. The monoisotopic (exact) mass is 344 g/mol. The summed E-state index contributed by atoms with van der Waals surface area (Å²) in [6, 6.07) is 4.98. The molecule has 1 heterocycles. The van der Waals surface area contributed by atoms with Gasteiger partial charge in [0, 0.05) is 24.5 Å². The molecular formula is C19H25FN4O. The molecule has 1 aliphatic rings. The number of nitrogens with two attached hydrogens (primary N) is 1. The van der Waals surface area contributed by atoms with Crippen LogP contribution in [0.2, 0.25) is 0 Å². The number of nitrogens with zero attached hydrogens (tertiary/aromatic N) is 2. The molecule has 5 nitrogen and oxygen atoms in total. The van der Waals surface area contributed by atoms with Crippen LogP contribution in [0.3, 0.4) is 0 Å². The summed E-state index contributed by atoms with van der Waals surface area (Å²) in [6.45, 7) is 4.06. The minimum atomic E-state index is -0.462. The van der Waals surface area contributed by atoms with Gasteiger partial charge in [-0.3, -0.25) is 4.79 Å². The quantitative estimate of drug-likeness (QED) is 0.896. The van der Waals surface area contributed by atoms with Crippen molar-refractivity contribution in [3.05, 3.63) is 47.8 Å². The molecule has 0 spiro atoms. The number of amides is 1. The van der Waals surface area contributed by atoms with Gasteiger partial charge in [0.15, 0.2) is 0 Å². The normalized spacial score (nSPS) is 23.4. The van der Waals surface area contributed by atoms with Crippen LogP contribution in [0, 0.1) is 18.7 Å². The van der Waals surface area contributed by atoms with Crippen molar-refractivity contribution in [1.82, 2.24) is 14.9 Å². The van der Waals surface area contributed by atoms with Gasteiger partial charge in [-0.05, 0) is 44.4 Å². The summed E-state index contributed by atoms with van der Waals surface area (Å²) in [7, 11) is 0. The van der Waals surface area contributed by atoms with E-state index in [1.54, 1.807) is 23.0 Å². The number of carbonyl (C=O) groups is 1. The molecule has 1 aromatic heterocycles. The number of halogens is 1. The van der Waals surface area contributed by atoms with Gasteiger partial charge in [0.05, 0.1) is 11.6 Å². The Labute approximate surface area is 147 Å². The molecule has 1 saturated carbocycles. The van der Waals surface area contributed by atoms with E-state index in [2.05, 4.69) is 10.3 Å². The maximum absolute atomic E-state index is 14.4. The molecule has 3 rings (SSSR count). The summed E-state index contributed by atoms with van der Waals surface area (Å²) in [5.41, 5.74) is 6.99. The summed E-state index contributed by atoms with van der Waals surface area (Å²) in [5, 5.41) is 2.91. The fraction of sp³-hybridized carbons (Fsp3) is 0.474. The SMILES string of the molecule is Cc1nccn1-c1ccc(CNC(=O)C2CCCCC2(C)N)cc1F. The number of aryl methyl sites for hydroxylation is 1. The van der Waals surface area contributed by atoms with Crippen LogP contribution in [0.5, 0.6) is 0 Å². The number of hydrogen-bond donors (Lipinski definition) is 2. The van der Waals surface area contributed by atoms with Gasteiger partial charge in [0.1, 0.15) is 11.6 Å². The van der Waals surface area contributed by atoms with E-state index < -0.39 is 5.54 Å². The summed E-state index contributed by atoms with van der Waals surface area (Å²) in [6.07, 6.45) is 7.12. The molecule has 0 radical (unpaired) electrons. The molecule has 3 N–H and O–H groups in total.